The lowest BCUT2D eigenvalue weighted by molar-refractivity contribution is 0.497. The Kier molecular flexibility index (Phi) is 3.84. The summed E-state index contributed by atoms with van der Waals surface area (Å²) in [6.45, 7) is 1.19. The summed E-state index contributed by atoms with van der Waals surface area (Å²) >= 11 is 0. The predicted octanol–water partition coefficient (Wildman–Crippen LogP) is 3.34. The van der Waals surface area contributed by atoms with Crippen molar-refractivity contribution < 1.29 is 0 Å². The highest BCUT2D eigenvalue weighted by Crippen LogP contribution is 2.27. The van der Waals surface area contributed by atoms with Gasteiger partial charge in [0.15, 0.2) is 0 Å². The first-order valence-corrected chi connectivity index (χ1v) is 7.49. The fraction of sp³-hybridized carbons (Fsp3) is 0.625. The molecule has 0 spiro atoms. The lowest BCUT2D eigenvalue weighted by Gasteiger charge is -2.14. The molecule has 2 N–H and O–H groups in total. The number of para-hydroxylation sites is 1. The molecule has 1 atom stereocenters. The summed E-state index contributed by atoms with van der Waals surface area (Å²) in [5, 5.41) is 7.33. The first-order chi connectivity index (χ1) is 8.92. The zero-order chi connectivity index (χ0) is 12.2. The van der Waals surface area contributed by atoms with E-state index in [4.69, 9.17) is 0 Å². The van der Waals surface area contributed by atoms with Crippen LogP contribution in [0.25, 0.3) is 0 Å². The van der Waals surface area contributed by atoms with Crippen LogP contribution in [0.3, 0.4) is 0 Å². The van der Waals surface area contributed by atoms with E-state index in [1.807, 2.05) is 0 Å². The van der Waals surface area contributed by atoms with Gasteiger partial charge in [-0.25, -0.2) is 0 Å². The van der Waals surface area contributed by atoms with E-state index in [2.05, 4.69) is 34.9 Å². The third-order valence-electron chi connectivity index (χ3n) is 4.36. The quantitative estimate of drug-likeness (QED) is 0.776. The minimum Gasteiger partial charge on any atom is -0.382 e. The lowest BCUT2D eigenvalue weighted by atomic mass is 10.1. The van der Waals surface area contributed by atoms with Crippen LogP contribution in [0.2, 0.25) is 0 Å². The van der Waals surface area contributed by atoms with Crippen molar-refractivity contribution in [2.45, 2.75) is 57.0 Å². The first-order valence-electron chi connectivity index (χ1n) is 7.49. The molecule has 0 aromatic heterocycles. The molecule has 0 saturated heterocycles. The van der Waals surface area contributed by atoms with Crippen LogP contribution in [0.4, 0.5) is 5.69 Å². The summed E-state index contributed by atoms with van der Waals surface area (Å²) in [5.41, 5.74) is 2.84. The Morgan fingerprint density at radius 1 is 1.17 bits per heavy atom. The van der Waals surface area contributed by atoms with Crippen molar-refractivity contribution in [1.82, 2.24) is 5.32 Å². The Labute approximate surface area is 110 Å². The third kappa shape index (κ3) is 2.86. The second kappa shape index (κ2) is 5.75. The van der Waals surface area contributed by atoms with Gasteiger partial charge in [-0.15, -0.1) is 0 Å². The molecule has 1 aliphatic heterocycles. The minimum atomic E-state index is 0.660. The van der Waals surface area contributed by atoms with E-state index in [0.29, 0.717) is 6.04 Å². The summed E-state index contributed by atoms with van der Waals surface area (Å²) < 4.78 is 0. The Morgan fingerprint density at radius 2 is 2.00 bits per heavy atom. The highest BCUT2D eigenvalue weighted by molar-refractivity contribution is 5.56. The van der Waals surface area contributed by atoms with Gasteiger partial charge in [0.25, 0.3) is 0 Å². The number of fused-ring (bicyclic) bond motifs is 1. The van der Waals surface area contributed by atoms with E-state index in [1.165, 1.54) is 62.7 Å². The molecule has 2 nitrogen and oxygen atoms in total. The van der Waals surface area contributed by atoms with Gasteiger partial charge >= 0.3 is 0 Å². The average Bonchev–Trinajstić information content (AvgIpc) is 3.03. The summed E-state index contributed by atoms with van der Waals surface area (Å²) in [5.74, 6) is 0. The first kappa shape index (κ1) is 12.0. The summed E-state index contributed by atoms with van der Waals surface area (Å²) in [7, 11) is 0. The van der Waals surface area contributed by atoms with Gasteiger partial charge in [0.05, 0.1) is 0 Å². The second-order valence-corrected chi connectivity index (χ2v) is 5.78. The van der Waals surface area contributed by atoms with E-state index in [9.17, 15) is 0 Å². The molecule has 0 radical (unpaired) electrons. The van der Waals surface area contributed by atoms with Crippen LogP contribution in [0.15, 0.2) is 24.3 Å². The van der Waals surface area contributed by atoms with Gasteiger partial charge in [0.1, 0.15) is 0 Å². The van der Waals surface area contributed by atoms with Crippen molar-refractivity contribution in [3.8, 4) is 0 Å². The SMILES string of the molecule is c1ccc2c(c1)CC(CCCNC1CCCC1)N2. The summed E-state index contributed by atoms with van der Waals surface area (Å²) in [4.78, 5) is 0. The normalized spacial score (nSPS) is 23.0. The maximum Gasteiger partial charge on any atom is 0.0375 e. The maximum atomic E-state index is 3.70. The van der Waals surface area contributed by atoms with Crippen molar-refractivity contribution in [2.75, 3.05) is 11.9 Å². The number of nitrogens with one attached hydrogen (secondary N) is 2. The molecule has 2 aliphatic rings. The van der Waals surface area contributed by atoms with Gasteiger partial charge in [-0.05, 0) is 50.3 Å². The van der Waals surface area contributed by atoms with Crippen LogP contribution in [-0.2, 0) is 6.42 Å². The predicted molar refractivity (Wildman–Crippen MR) is 77.0 cm³/mol. The number of benzene rings is 1. The van der Waals surface area contributed by atoms with Gasteiger partial charge in [-0.1, -0.05) is 31.0 Å². The van der Waals surface area contributed by atoms with E-state index >= 15 is 0 Å². The van der Waals surface area contributed by atoms with Crippen molar-refractivity contribution in [3.05, 3.63) is 29.8 Å². The topological polar surface area (TPSA) is 24.1 Å². The Balaban J connectivity index is 1.35. The molecule has 98 valence electrons. The lowest BCUT2D eigenvalue weighted by Crippen LogP contribution is -2.28. The average molecular weight is 244 g/mol. The molecule has 2 heteroatoms. The third-order valence-corrected chi connectivity index (χ3v) is 4.36. The molecule has 1 saturated carbocycles. The molecule has 1 fully saturated rings. The van der Waals surface area contributed by atoms with Crippen molar-refractivity contribution in [2.24, 2.45) is 0 Å². The largest absolute Gasteiger partial charge is 0.382 e. The van der Waals surface area contributed by atoms with E-state index < -0.39 is 0 Å². The molecule has 0 bridgehead atoms. The van der Waals surface area contributed by atoms with Gasteiger partial charge in [0.2, 0.25) is 0 Å². The van der Waals surface area contributed by atoms with Crippen LogP contribution in [-0.4, -0.2) is 18.6 Å². The Bertz CT molecular complexity index is 357. The van der Waals surface area contributed by atoms with Crippen LogP contribution in [0, 0.1) is 0 Å². The molecule has 1 unspecified atom stereocenters. The molecule has 1 aromatic carbocycles. The summed E-state index contributed by atoms with van der Waals surface area (Å²) in [6, 6.07) is 10.2. The maximum absolute atomic E-state index is 3.70. The summed E-state index contributed by atoms with van der Waals surface area (Å²) in [6.07, 6.45) is 9.44. The van der Waals surface area contributed by atoms with Crippen LogP contribution >= 0.6 is 0 Å². The molecule has 1 aromatic rings. The molecular formula is C16H24N2. The van der Waals surface area contributed by atoms with Gasteiger partial charge < -0.3 is 10.6 Å². The Hall–Kier alpha value is -1.02. The molecule has 1 aliphatic carbocycles. The van der Waals surface area contributed by atoms with Crippen molar-refractivity contribution in [3.63, 3.8) is 0 Å². The minimum absolute atomic E-state index is 0.660. The fourth-order valence-electron chi connectivity index (χ4n) is 3.33. The highest BCUT2D eigenvalue weighted by Gasteiger charge is 2.19. The van der Waals surface area contributed by atoms with Crippen molar-refractivity contribution in [1.29, 1.82) is 0 Å². The van der Waals surface area contributed by atoms with Gasteiger partial charge in [-0.2, -0.15) is 0 Å². The second-order valence-electron chi connectivity index (χ2n) is 5.78. The fourth-order valence-corrected chi connectivity index (χ4v) is 3.33. The van der Waals surface area contributed by atoms with Crippen LogP contribution in [0.5, 0.6) is 0 Å². The molecule has 3 rings (SSSR count). The number of hydrogen-bond acceptors (Lipinski definition) is 2. The smallest absolute Gasteiger partial charge is 0.0375 e. The van der Waals surface area contributed by atoms with Crippen LogP contribution in [0.1, 0.15) is 44.1 Å². The number of rotatable bonds is 5. The van der Waals surface area contributed by atoms with E-state index in [1.54, 1.807) is 0 Å². The van der Waals surface area contributed by atoms with Crippen LogP contribution < -0.4 is 10.6 Å². The van der Waals surface area contributed by atoms with E-state index in [0.717, 1.165) is 6.04 Å². The van der Waals surface area contributed by atoms with Gasteiger partial charge in [-0.3, -0.25) is 0 Å². The van der Waals surface area contributed by atoms with Crippen molar-refractivity contribution >= 4 is 5.69 Å². The monoisotopic (exact) mass is 244 g/mol. The highest BCUT2D eigenvalue weighted by atomic mass is 15.0. The molecular weight excluding hydrogens is 220 g/mol. The number of hydrogen-bond donors (Lipinski definition) is 2. The Morgan fingerprint density at radius 3 is 2.83 bits per heavy atom. The van der Waals surface area contributed by atoms with Gasteiger partial charge in [0, 0.05) is 17.8 Å². The van der Waals surface area contributed by atoms with E-state index in [-0.39, 0.29) is 0 Å². The molecule has 1 heterocycles. The zero-order valence-electron chi connectivity index (χ0n) is 11.1. The molecule has 0 amide bonds. The molecule has 18 heavy (non-hydrogen) atoms. The standard InChI is InChI=1S/C16H24N2/c1-4-10-16-13(6-1)12-15(18-16)9-5-11-17-14-7-2-3-8-14/h1,4,6,10,14-15,17-18H,2-3,5,7-9,11-12H2. The number of anilines is 1. The zero-order valence-corrected chi connectivity index (χ0v) is 11.1.